The first-order valence-corrected chi connectivity index (χ1v) is 7.68. The minimum Gasteiger partial charge on any atom is -0.481 e. The van der Waals surface area contributed by atoms with E-state index in [0.717, 1.165) is 18.2 Å². The fourth-order valence-electron chi connectivity index (χ4n) is 1.55. The largest absolute Gasteiger partial charge is 0.481 e. The molecule has 0 bridgehead atoms. The number of benzene rings is 1. The molecule has 0 saturated heterocycles. The number of sulfonamides is 1. The maximum absolute atomic E-state index is 13.1. The molecule has 1 atom stereocenters. The number of rotatable bonds is 6. The Labute approximate surface area is 121 Å². The second kappa shape index (κ2) is 6.51. The predicted octanol–water partition coefficient (Wildman–Crippen LogP) is 2.26. The summed E-state index contributed by atoms with van der Waals surface area (Å²) in [5.41, 5.74) is 0. The van der Waals surface area contributed by atoms with E-state index in [1.165, 1.54) is 0 Å². The van der Waals surface area contributed by atoms with Crippen LogP contribution in [-0.2, 0) is 14.8 Å². The SMILES string of the molecule is CC(C)C(CC(=O)O)NS(=O)(=O)c1cc(F)ccc1Cl. The highest BCUT2D eigenvalue weighted by molar-refractivity contribution is 7.89. The minimum atomic E-state index is -4.09. The van der Waals surface area contributed by atoms with Crippen LogP contribution in [0.1, 0.15) is 20.3 Å². The molecule has 0 aliphatic carbocycles. The van der Waals surface area contributed by atoms with Gasteiger partial charge in [-0.2, -0.15) is 0 Å². The molecule has 0 fully saturated rings. The van der Waals surface area contributed by atoms with Crippen LogP contribution in [0.25, 0.3) is 0 Å². The van der Waals surface area contributed by atoms with Crippen LogP contribution in [0.5, 0.6) is 0 Å². The molecule has 0 amide bonds. The second-order valence-corrected chi connectivity index (χ2v) is 6.73. The quantitative estimate of drug-likeness (QED) is 0.841. The number of carboxylic acids is 1. The van der Waals surface area contributed by atoms with Crippen LogP contribution in [0.15, 0.2) is 23.1 Å². The van der Waals surface area contributed by atoms with Crippen LogP contribution < -0.4 is 4.72 Å². The molecule has 8 heteroatoms. The van der Waals surface area contributed by atoms with Gasteiger partial charge in [-0.15, -0.1) is 0 Å². The van der Waals surface area contributed by atoms with Crippen LogP contribution in [0.3, 0.4) is 0 Å². The van der Waals surface area contributed by atoms with Crippen LogP contribution in [0.4, 0.5) is 4.39 Å². The Morgan fingerprint density at radius 3 is 2.55 bits per heavy atom. The zero-order chi connectivity index (χ0) is 15.5. The standard InChI is InChI=1S/C12H15ClFNO4S/c1-7(2)10(6-12(16)17)15-20(18,19)11-5-8(14)3-4-9(11)13/h3-5,7,10,15H,6H2,1-2H3,(H,16,17). The second-order valence-electron chi connectivity index (χ2n) is 4.64. The first kappa shape index (κ1) is 16.9. The van der Waals surface area contributed by atoms with Crippen molar-refractivity contribution in [3.05, 3.63) is 29.0 Å². The molecule has 0 heterocycles. The molecule has 0 aliphatic rings. The molecule has 2 N–H and O–H groups in total. The van der Waals surface area contributed by atoms with Crippen molar-refractivity contribution >= 4 is 27.6 Å². The lowest BCUT2D eigenvalue weighted by atomic mass is 10.0. The van der Waals surface area contributed by atoms with Gasteiger partial charge in [0.15, 0.2) is 0 Å². The molecule has 5 nitrogen and oxygen atoms in total. The van der Waals surface area contributed by atoms with E-state index in [1.54, 1.807) is 13.8 Å². The van der Waals surface area contributed by atoms with E-state index >= 15 is 0 Å². The topological polar surface area (TPSA) is 83.5 Å². The molecule has 1 rings (SSSR count). The van der Waals surface area contributed by atoms with E-state index in [4.69, 9.17) is 16.7 Å². The van der Waals surface area contributed by atoms with E-state index in [0.29, 0.717) is 0 Å². The molecule has 0 aliphatic heterocycles. The molecule has 0 aromatic heterocycles. The Hall–Kier alpha value is -1.18. The summed E-state index contributed by atoms with van der Waals surface area (Å²) in [6, 6.07) is 2.16. The average Bonchev–Trinajstić information content (AvgIpc) is 2.30. The van der Waals surface area contributed by atoms with Gasteiger partial charge in [-0.25, -0.2) is 17.5 Å². The van der Waals surface area contributed by atoms with Crippen LogP contribution >= 0.6 is 11.6 Å². The van der Waals surface area contributed by atoms with Crippen molar-refractivity contribution in [1.82, 2.24) is 4.72 Å². The molecular formula is C12H15ClFNO4S. The lowest BCUT2D eigenvalue weighted by Gasteiger charge is -2.20. The van der Waals surface area contributed by atoms with E-state index in [9.17, 15) is 17.6 Å². The van der Waals surface area contributed by atoms with Crippen molar-refractivity contribution in [3.63, 3.8) is 0 Å². The van der Waals surface area contributed by atoms with E-state index in [2.05, 4.69) is 4.72 Å². The summed E-state index contributed by atoms with van der Waals surface area (Å²) < 4.78 is 39.7. The van der Waals surface area contributed by atoms with Gasteiger partial charge in [0.25, 0.3) is 0 Å². The molecule has 1 aromatic rings. The monoisotopic (exact) mass is 323 g/mol. The van der Waals surface area contributed by atoms with Gasteiger partial charge in [-0.1, -0.05) is 25.4 Å². The fraction of sp³-hybridized carbons (Fsp3) is 0.417. The molecule has 0 radical (unpaired) electrons. The predicted molar refractivity (Wildman–Crippen MR) is 72.6 cm³/mol. The van der Waals surface area contributed by atoms with Gasteiger partial charge in [0, 0.05) is 6.04 Å². The highest BCUT2D eigenvalue weighted by Gasteiger charge is 2.26. The minimum absolute atomic E-state index is 0.128. The van der Waals surface area contributed by atoms with Gasteiger partial charge >= 0.3 is 5.97 Å². The Balaban J connectivity index is 3.09. The summed E-state index contributed by atoms with van der Waals surface area (Å²) in [6.07, 6.45) is -0.371. The van der Waals surface area contributed by atoms with Crippen LogP contribution in [0, 0.1) is 11.7 Å². The summed E-state index contributed by atoms with van der Waals surface area (Å²) in [7, 11) is -4.09. The highest BCUT2D eigenvalue weighted by atomic mass is 35.5. The third-order valence-corrected chi connectivity index (χ3v) is 4.66. The van der Waals surface area contributed by atoms with E-state index < -0.39 is 32.7 Å². The Morgan fingerprint density at radius 2 is 2.05 bits per heavy atom. The van der Waals surface area contributed by atoms with E-state index in [1.807, 2.05) is 0 Å². The van der Waals surface area contributed by atoms with Crippen LogP contribution in [-0.4, -0.2) is 25.5 Å². The van der Waals surface area contributed by atoms with Gasteiger partial charge < -0.3 is 5.11 Å². The van der Waals surface area contributed by atoms with Gasteiger partial charge in [0.2, 0.25) is 10.0 Å². The zero-order valence-electron chi connectivity index (χ0n) is 10.9. The van der Waals surface area contributed by atoms with E-state index in [-0.39, 0.29) is 17.4 Å². The zero-order valence-corrected chi connectivity index (χ0v) is 12.5. The third kappa shape index (κ3) is 4.43. The number of carbonyl (C=O) groups is 1. The first-order chi connectivity index (χ1) is 9.13. The average molecular weight is 324 g/mol. The number of nitrogens with one attached hydrogen (secondary N) is 1. The third-order valence-electron chi connectivity index (χ3n) is 2.69. The fourth-order valence-corrected chi connectivity index (χ4v) is 3.44. The van der Waals surface area contributed by atoms with Crippen molar-refractivity contribution in [1.29, 1.82) is 0 Å². The smallest absolute Gasteiger partial charge is 0.304 e. The van der Waals surface area contributed by atoms with Crippen molar-refractivity contribution in [3.8, 4) is 0 Å². The molecule has 20 heavy (non-hydrogen) atoms. The highest BCUT2D eigenvalue weighted by Crippen LogP contribution is 2.23. The molecule has 0 saturated carbocycles. The van der Waals surface area contributed by atoms with Gasteiger partial charge in [-0.3, -0.25) is 4.79 Å². The lowest BCUT2D eigenvalue weighted by Crippen LogP contribution is -2.40. The van der Waals surface area contributed by atoms with Crippen molar-refractivity contribution in [2.75, 3.05) is 0 Å². The van der Waals surface area contributed by atoms with Gasteiger partial charge in [0.1, 0.15) is 10.7 Å². The Morgan fingerprint density at radius 1 is 1.45 bits per heavy atom. The van der Waals surface area contributed by atoms with Crippen LogP contribution in [0.2, 0.25) is 5.02 Å². The number of hydrogen-bond donors (Lipinski definition) is 2. The van der Waals surface area contributed by atoms with Crippen molar-refractivity contribution in [2.45, 2.75) is 31.2 Å². The summed E-state index contributed by atoms with van der Waals surface area (Å²) in [6.45, 7) is 3.37. The van der Waals surface area contributed by atoms with Crippen molar-refractivity contribution in [2.24, 2.45) is 5.92 Å². The molecule has 112 valence electrons. The van der Waals surface area contributed by atoms with Crippen molar-refractivity contribution < 1.29 is 22.7 Å². The number of halogens is 2. The van der Waals surface area contributed by atoms with Gasteiger partial charge in [-0.05, 0) is 24.1 Å². The normalized spacial score (nSPS) is 13.4. The number of aliphatic carboxylic acids is 1. The van der Waals surface area contributed by atoms with Gasteiger partial charge in [0.05, 0.1) is 11.4 Å². The molecule has 1 aromatic carbocycles. The molecule has 1 unspecified atom stereocenters. The summed E-state index contributed by atoms with van der Waals surface area (Å²) in [4.78, 5) is 10.3. The Kier molecular flexibility index (Phi) is 5.50. The maximum atomic E-state index is 13.1. The summed E-state index contributed by atoms with van der Waals surface area (Å²) >= 11 is 5.75. The maximum Gasteiger partial charge on any atom is 0.304 e. The summed E-state index contributed by atoms with van der Waals surface area (Å²) in [5.74, 6) is -2.11. The number of hydrogen-bond acceptors (Lipinski definition) is 3. The lowest BCUT2D eigenvalue weighted by molar-refractivity contribution is -0.137. The molecular weight excluding hydrogens is 309 g/mol. The molecule has 0 spiro atoms. The Bertz CT molecular complexity index is 603. The number of carboxylic acid groups (broad SMARTS) is 1. The first-order valence-electron chi connectivity index (χ1n) is 5.82. The summed E-state index contributed by atoms with van der Waals surface area (Å²) in [5, 5.41) is 8.65.